The molecule has 0 radical (unpaired) electrons. The van der Waals surface area contributed by atoms with Gasteiger partial charge in [0.05, 0.1) is 0 Å². The highest BCUT2D eigenvalue weighted by Crippen LogP contribution is 2.16. The maximum atomic E-state index is 12.0. The van der Waals surface area contributed by atoms with Crippen LogP contribution in [0.4, 0.5) is 4.79 Å². The fourth-order valence-electron chi connectivity index (χ4n) is 2.51. The number of amides is 5. The van der Waals surface area contributed by atoms with Crippen molar-refractivity contribution in [3.63, 3.8) is 0 Å². The van der Waals surface area contributed by atoms with E-state index in [2.05, 4.69) is 30.0 Å². The van der Waals surface area contributed by atoms with Crippen LogP contribution in [0.1, 0.15) is 56.0 Å². The van der Waals surface area contributed by atoms with Gasteiger partial charge in [-0.05, 0) is 37.5 Å². The molecule has 26 heavy (non-hydrogen) atoms. The number of imide groups is 1. The first-order valence-corrected chi connectivity index (χ1v) is 8.45. The Kier molecular flexibility index (Phi) is 5.64. The second-order valence-electron chi connectivity index (χ2n) is 7.04. The summed E-state index contributed by atoms with van der Waals surface area (Å²) in [5.74, 6) is -0.959. The first-order chi connectivity index (χ1) is 12.1. The second-order valence-corrected chi connectivity index (χ2v) is 7.04. The van der Waals surface area contributed by atoms with Crippen molar-refractivity contribution in [2.45, 2.75) is 45.6 Å². The minimum Gasteiger partial charge on any atom is -0.324 e. The molecule has 0 aliphatic carbocycles. The van der Waals surface area contributed by atoms with Gasteiger partial charge in [-0.25, -0.2) is 4.79 Å². The Morgan fingerprint density at radius 3 is 2.23 bits per heavy atom. The quantitative estimate of drug-likeness (QED) is 0.543. The third-order valence-corrected chi connectivity index (χ3v) is 4.16. The molecule has 3 N–H and O–H groups in total. The number of carbonyl (C=O) groups is 4. The maximum absolute atomic E-state index is 12.0. The number of hydrazine groups is 1. The van der Waals surface area contributed by atoms with Crippen molar-refractivity contribution in [1.29, 1.82) is 0 Å². The molecule has 1 aromatic carbocycles. The van der Waals surface area contributed by atoms with Crippen LogP contribution >= 0.6 is 0 Å². The van der Waals surface area contributed by atoms with Crippen LogP contribution in [0.25, 0.3) is 0 Å². The van der Waals surface area contributed by atoms with Gasteiger partial charge in [0.25, 0.3) is 11.8 Å². The molecule has 1 aliphatic rings. The predicted molar refractivity (Wildman–Crippen MR) is 95.1 cm³/mol. The van der Waals surface area contributed by atoms with Crippen LogP contribution < -0.4 is 16.2 Å². The van der Waals surface area contributed by atoms with Gasteiger partial charge < -0.3 is 5.32 Å². The molecule has 140 valence electrons. The standard InChI is InChI=1S/C18H24N4O4/c1-11(2)12-5-7-13(8-6-12)15(24)21-20-14(23)9-10-22-16(25)18(3,4)19-17(22)26/h5-8,11H,9-10H2,1-4H3,(H,19,26)(H,20,23)(H,21,24). The Bertz CT molecular complexity index is 725. The van der Waals surface area contributed by atoms with E-state index < -0.39 is 23.4 Å². The summed E-state index contributed by atoms with van der Waals surface area (Å²) in [6.07, 6.45) is -0.109. The van der Waals surface area contributed by atoms with E-state index in [4.69, 9.17) is 0 Å². The van der Waals surface area contributed by atoms with Crippen LogP contribution in [0.2, 0.25) is 0 Å². The van der Waals surface area contributed by atoms with Gasteiger partial charge in [-0.15, -0.1) is 0 Å². The summed E-state index contributed by atoms with van der Waals surface area (Å²) in [5, 5.41) is 2.54. The van der Waals surface area contributed by atoms with Gasteiger partial charge in [0.15, 0.2) is 0 Å². The molecule has 0 aromatic heterocycles. The molecule has 1 aliphatic heterocycles. The molecule has 8 heteroatoms. The molecule has 0 spiro atoms. The van der Waals surface area contributed by atoms with Crippen LogP contribution in [0.5, 0.6) is 0 Å². The molecule has 1 aromatic rings. The van der Waals surface area contributed by atoms with Gasteiger partial charge in [0.2, 0.25) is 5.91 Å². The normalized spacial score (nSPS) is 15.8. The van der Waals surface area contributed by atoms with E-state index in [1.165, 1.54) is 0 Å². The first kappa shape index (κ1) is 19.4. The van der Waals surface area contributed by atoms with E-state index in [1.54, 1.807) is 26.0 Å². The van der Waals surface area contributed by atoms with E-state index in [0.717, 1.165) is 10.5 Å². The van der Waals surface area contributed by atoms with Crippen molar-refractivity contribution in [1.82, 2.24) is 21.1 Å². The predicted octanol–water partition coefficient (Wildman–Crippen LogP) is 1.29. The van der Waals surface area contributed by atoms with Gasteiger partial charge in [-0.1, -0.05) is 26.0 Å². The van der Waals surface area contributed by atoms with Gasteiger partial charge in [-0.3, -0.25) is 30.1 Å². The molecule has 0 atom stereocenters. The van der Waals surface area contributed by atoms with Crippen molar-refractivity contribution in [3.05, 3.63) is 35.4 Å². The Morgan fingerprint density at radius 2 is 1.73 bits per heavy atom. The zero-order chi connectivity index (χ0) is 19.5. The number of hydrogen-bond donors (Lipinski definition) is 3. The lowest BCUT2D eigenvalue weighted by atomic mass is 10.0. The summed E-state index contributed by atoms with van der Waals surface area (Å²) in [6.45, 7) is 7.25. The molecular formula is C18H24N4O4. The van der Waals surface area contributed by atoms with Gasteiger partial charge >= 0.3 is 6.03 Å². The molecule has 1 fully saturated rings. The lowest BCUT2D eigenvalue weighted by Crippen LogP contribution is -2.44. The number of carbonyl (C=O) groups excluding carboxylic acids is 4. The summed E-state index contributed by atoms with van der Waals surface area (Å²) in [6, 6.07) is 6.57. The molecule has 0 saturated carbocycles. The fourth-order valence-corrected chi connectivity index (χ4v) is 2.51. The summed E-state index contributed by atoms with van der Waals surface area (Å²) in [4.78, 5) is 48.6. The molecule has 1 heterocycles. The molecule has 5 amide bonds. The third kappa shape index (κ3) is 4.38. The van der Waals surface area contributed by atoms with E-state index in [1.807, 2.05) is 12.1 Å². The number of nitrogens with one attached hydrogen (secondary N) is 3. The van der Waals surface area contributed by atoms with Crippen molar-refractivity contribution in [2.75, 3.05) is 6.54 Å². The monoisotopic (exact) mass is 360 g/mol. The van der Waals surface area contributed by atoms with Crippen molar-refractivity contribution in [3.8, 4) is 0 Å². The van der Waals surface area contributed by atoms with Crippen LogP contribution in [0.3, 0.4) is 0 Å². The van der Waals surface area contributed by atoms with E-state index in [0.29, 0.717) is 11.5 Å². The SMILES string of the molecule is CC(C)c1ccc(C(=O)NNC(=O)CCN2C(=O)NC(C)(C)C2=O)cc1. The molecule has 8 nitrogen and oxygen atoms in total. The Hall–Kier alpha value is -2.90. The van der Waals surface area contributed by atoms with Crippen molar-refractivity contribution >= 4 is 23.8 Å². The lowest BCUT2D eigenvalue weighted by molar-refractivity contribution is -0.130. The minimum absolute atomic E-state index is 0.0567. The van der Waals surface area contributed by atoms with Gasteiger partial charge in [0.1, 0.15) is 5.54 Å². The van der Waals surface area contributed by atoms with Crippen LogP contribution in [0, 0.1) is 0 Å². The van der Waals surface area contributed by atoms with Crippen molar-refractivity contribution in [2.24, 2.45) is 0 Å². The highest BCUT2D eigenvalue weighted by atomic mass is 16.2. The molecule has 0 unspecified atom stereocenters. The van der Waals surface area contributed by atoms with Crippen LogP contribution in [-0.4, -0.2) is 40.7 Å². The van der Waals surface area contributed by atoms with Gasteiger partial charge in [0, 0.05) is 18.5 Å². The summed E-state index contributed by atoms with van der Waals surface area (Å²) in [7, 11) is 0. The fraction of sp³-hybridized carbons (Fsp3) is 0.444. The number of urea groups is 1. The third-order valence-electron chi connectivity index (χ3n) is 4.16. The molecule has 2 rings (SSSR count). The number of hydrogen-bond acceptors (Lipinski definition) is 4. The zero-order valence-corrected chi connectivity index (χ0v) is 15.4. The second kappa shape index (κ2) is 7.55. The van der Waals surface area contributed by atoms with Crippen molar-refractivity contribution < 1.29 is 19.2 Å². The minimum atomic E-state index is -0.968. The Morgan fingerprint density at radius 1 is 1.12 bits per heavy atom. The average Bonchev–Trinajstić information content (AvgIpc) is 2.78. The smallest absolute Gasteiger partial charge is 0.324 e. The lowest BCUT2D eigenvalue weighted by Gasteiger charge is -2.15. The average molecular weight is 360 g/mol. The summed E-state index contributed by atoms with van der Waals surface area (Å²) in [5.41, 5.74) is 5.17. The zero-order valence-electron chi connectivity index (χ0n) is 15.4. The summed E-state index contributed by atoms with van der Waals surface area (Å²) < 4.78 is 0. The highest BCUT2D eigenvalue weighted by Gasteiger charge is 2.43. The van der Waals surface area contributed by atoms with Crippen LogP contribution in [0.15, 0.2) is 24.3 Å². The van der Waals surface area contributed by atoms with Gasteiger partial charge in [-0.2, -0.15) is 0 Å². The highest BCUT2D eigenvalue weighted by molar-refractivity contribution is 6.06. The largest absolute Gasteiger partial charge is 0.325 e. The molecular weight excluding hydrogens is 336 g/mol. The van der Waals surface area contributed by atoms with Crippen LogP contribution in [-0.2, 0) is 9.59 Å². The molecule has 1 saturated heterocycles. The maximum Gasteiger partial charge on any atom is 0.325 e. The first-order valence-electron chi connectivity index (χ1n) is 8.45. The number of rotatable bonds is 5. The Balaban J connectivity index is 1.80. The number of benzene rings is 1. The molecule has 0 bridgehead atoms. The topological polar surface area (TPSA) is 108 Å². The van der Waals surface area contributed by atoms with E-state index >= 15 is 0 Å². The summed E-state index contributed by atoms with van der Waals surface area (Å²) >= 11 is 0. The number of nitrogens with zero attached hydrogens (tertiary/aromatic N) is 1. The van der Waals surface area contributed by atoms with E-state index in [-0.39, 0.29) is 18.9 Å². The Labute approximate surface area is 152 Å². The van der Waals surface area contributed by atoms with E-state index in [9.17, 15) is 19.2 Å².